The number of carbonyl (C=O) groups excluding carboxylic acids is 2. The fourth-order valence-electron chi connectivity index (χ4n) is 4.05. The summed E-state index contributed by atoms with van der Waals surface area (Å²) >= 11 is 0. The molecule has 1 aromatic heterocycles. The van der Waals surface area contributed by atoms with Crippen LogP contribution in [0.5, 0.6) is 0 Å². The molecule has 4 nitrogen and oxygen atoms in total. The molecule has 0 saturated heterocycles. The number of aryl methyl sites for hydroxylation is 3. The largest absolute Gasteiger partial charge is 0.340 e. The van der Waals surface area contributed by atoms with Gasteiger partial charge in [0.25, 0.3) is 11.7 Å². The third-order valence-corrected chi connectivity index (χ3v) is 5.84. The number of hydrogen-bond donors (Lipinski definition) is 1. The minimum atomic E-state index is -0.580. The van der Waals surface area contributed by atoms with Gasteiger partial charge in [0.2, 0.25) is 0 Å². The van der Waals surface area contributed by atoms with E-state index in [9.17, 15) is 9.59 Å². The predicted octanol–water partition coefficient (Wildman–Crippen LogP) is 4.85. The molecule has 1 aliphatic carbocycles. The van der Waals surface area contributed by atoms with Crippen molar-refractivity contribution in [3.05, 3.63) is 88.2 Å². The summed E-state index contributed by atoms with van der Waals surface area (Å²) in [5.74, 6) is -1.09. The Morgan fingerprint density at radius 1 is 0.966 bits per heavy atom. The van der Waals surface area contributed by atoms with E-state index in [-0.39, 0.29) is 0 Å². The van der Waals surface area contributed by atoms with Crippen LogP contribution in [0.1, 0.15) is 51.1 Å². The standard InChI is InChI=1S/C25H26N2O2/c1-17-12-13-19(15-18(17)2)16-27-14-6-11-23(27)24(28)25(29)26-22-10-5-8-20-7-3-4-9-21(20)22/h5-6,8,10-15H,3-4,7,9,16H2,1-2H3,(H,26,29). The Labute approximate surface area is 171 Å². The number of aromatic nitrogens is 1. The maximum Gasteiger partial charge on any atom is 0.298 e. The summed E-state index contributed by atoms with van der Waals surface area (Å²) in [6.07, 6.45) is 6.12. The van der Waals surface area contributed by atoms with Crippen molar-refractivity contribution in [2.75, 3.05) is 5.32 Å². The van der Waals surface area contributed by atoms with Crippen molar-refractivity contribution in [3.63, 3.8) is 0 Å². The number of carbonyl (C=O) groups is 2. The molecule has 1 amide bonds. The van der Waals surface area contributed by atoms with E-state index in [2.05, 4.69) is 43.4 Å². The summed E-state index contributed by atoms with van der Waals surface area (Å²) in [7, 11) is 0. The second kappa shape index (κ2) is 8.08. The Hall–Kier alpha value is -3.14. The van der Waals surface area contributed by atoms with Gasteiger partial charge in [0, 0.05) is 18.4 Å². The lowest BCUT2D eigenvalue weighted by atomic mass is 9.90. The lowest BCUT2D eigenvalue weighted by Gasteiger charge is -2.19. The van der Waals surface area contributed by atoms with Crippen LogP contribution in [0.2, 0.25) is 0 Å². The van der Waals surface area contributed by atoms with Gasteiger partial charge in [0.15, 0.2) is 0 Å². The van der Waals surface area contributed by atoms with Gasteiger partial charge in [0.1, 0.15) is 0 Å². The number of amides is 1. The maximum atomic E-state index is 12.9. The van der Waals surface area contributed by atoms with Gasteiger partial charge < -0.3 is 9.88 Å². The predicted molar refractivity (Wildman–Crippen MR) is 115 cm³/mol. The number of hydrogen-bond acceptors (Lipinski definition) is 2. The van der Waals surface area contributed by atoms with Crippen molar-refractivity contribution < 1.29 is 9.59 Å². The number of nitrogens with zero attached hydrogens (tertiary/aromatic N) is 1. The number of rotatable bonds is 5. The first-order valence-corrected chi connectivity index (χ1v) is 10.2. The first-order valence-electron chi connectivity index (χ1n) is 10.2. The minimum absolute atomic E-state index is 0.408. The fraction of sp³-hybridized carbons (Fsp3) is 0.280. The lowest BCUT2D eigenvalue weighted by Crippen LogP contribution is -2.26. The molecule has 0 saturated carbocycles. The van der Waals surface area contributed by atoms with Crippen LogP contribution in [0.4, 0.5) is 5.69 Å². The van der Waals surface area contributed by atoms with Gasteiger partial charge in [-0.15, -0.1) is 0 Å². The van der Waals surface area contributed by atoms with E-state index >= 15 is 0 Å². The number of fused-ring (bicyclic) bond motifs is 1. The summed E-state index contributed by atoms with van der Waals surface area (Å²) < 4.78 is 1.84. The Morgan fingerprint density at radius 2 is 1.79 bits per heavy atom. The molecule has 4 rings (SSSR count). The highest BCUT2D eigenvalue weighted by molar-refractivity contribution is 6.46. The molecule has 1 heterocycles. The van der Waals surface area contributed by atoms with Crippen molar-refractivity contribution in [1.82, 2.24) is 4.57 Å². The molecular weight excluding hydrogens is 360 g/mol. The van der Waals surface area contributed by atoms with Gasteiger partial charge in [-0.1, -0.05) is 30.3 Å². The van der Waals surface area contributed by atoms with E-state index < -0.39 is 11.7 Å². The van der Waals surface area contributed by atoms with Crippen LogP contribution in [-0.4, -0.2) is 16.3 Å². The molecule has 2 aromatic carbocycles. The molecule has 0 aliphatic heterocycles. The molecule has 0 unspecified atom stereocenters. The Bertz CT molecular complexity index is 1080. The van der Waals surface area contributed by atoms with Crippen molar-refractivity contribution in [1.29, 1.82) is 0 Å². The van der Waals surface area contributed by atoms with Crippen LogP contribution >= 0.6 is 0 Å². The topological polar surface area (TPSA) is 51.1 Å². The minimum Gasteiger partial charge on any atom is -0.340 e. The average Bonchev–Trinajstić information content (AvgIpc) is 3.18. The normalized spacial score (nSPS) is 13.0. The molecule has 0 radical (unpaired) electrons. The third-order valence-electron chi connectivity index (χ3n) is 5.84. The Kier molecular flexibility index (Phi) is 5.34. The molecule has 1 aliphatic rings. The van der Waals surface area contributed by atoms with E-state index in [0.717, 1.165) is 30.5 Å². The summed E-state index contributed by atoms with van der Waals surface area (Å²) in [5.41, 5.74) is 7.19. The number of anilines is 1. The zero-order valence-electron chi connectivity index (χ0n) is 17.0. The van der Waals surface area contributed by atoms with Crippen LogP contribution in [-0.2, 0) is 24.2 Å². The summed E-state index contributed by atoms with van der Waals surface area (Å²) in [4.78, 5) is 25.6. The number of benzene rings is 2. The first-order chi connectivity index (χ1) is 14.0. The summed E-state index contributed by atoms with van der Waals surface area (Å²) in [6.45, 7) is 4.72. The third kappa shape index (κ3) is 4.02. The quantitative estimate of drug-likeness (QED) is 0.503. The highest BCUT2D eigenvalue weighted by Crippen LogP contribution is 2.28. The number of nitrogens with one attached hydrogen (secondary N) is 1. The monoisotopic (exact) mass is 386 g/mol. The molecule has 1 N–H and O–H groups in total. The lowest BCUT2D eigenvalue weighted by molar-refractivity contribution is -0.112. The fourth-order valence-corrected chi connectivity index (χ4v) is 4.05. The number of ketones is 1. The van der Waals surface area contributed by atoms with Gasteiger partial charge in [0.05, 0.1) is 5.69 Å². The van der Waals surface area contributed by atoms with Gasteiger partial charge in [-0.2, -0.15) is 0 Å². The smallest absolute Gasteiger partial charge is 0.298 e. The molecular formula is C25H26N2O2. The highest BCUT2D eigenvalue weighted by Gasteiger charge is 2.22. The van der Waals surface area contributed by atoms with Crippen LogP contribution in [0.25, 0.3) is 0 Å². The molecule has 0 bridgehead atoms. The van der Waals surface area contributed by atoms with Crippen LogP contribution in [0.15, 0.2) is 54.7 Å². The SMILES string of the molecule is Cc1ccc(Cn2cccc2C(=O)C(=O)Nc2cccc3c2CCCC3)cc1C. The van der Waals surface area contributed by atoms with Crippen LogP contribution in [0, 0.1) is 13.8 Å². The summed E-state index contributed by atoms with van der Waals surface area (Å²) in [6, 6.07) is 15.7. The maximum absolute atomic E-state index is 12.9. The van der Waals surface area contributed by atoms with E-state index in [1.165, 1.54) is 28.7 Å². The van der Waals surface area contributed by atoms with E-state index in [4.69, 9.17) is 0 Å². The van der Waals surface area contributed by atoms with Crippen molar-refractivity contribution in [2.24, 2.45) is 0 Å². The van der Waals surface area contributed by atoms with E-state index in [1.54, 1.807) is 6.07 Å². The summed E-state index contributed by atoms with van der Waals surface area (Å²) in [5, 5.41) is 2.86. The Morgan fingerprint density at radius 3 is 2.62 bits per heavy atom. The molecule has 3 aromatic rings. The Balaban J connectivity index is 1.53. The van der Waals surface area contributed by atoms with Crippen LogP contribution < -0.4 is 5.32 Å². The molecule has 4 heteroatoms. The molecule has 148 valence electrons. The van der Waals surface area contributed by atoms with Gasteiger partial charge in [-0.05, 0) is 85.5 Å². The average molecular weight is 386 g/mol. The van der Waals surface area contributed by atoms with Gasteiger partial charge in [-0.3, -0.25) is 9.59 Å². The zero-order valence-corrected chi connectivity index (χ0v) is 17.0. The highest BCUT2D eigenvalue weighted by atomic mass is 16.2. The van der Waals surface area contributed by atoms with Crippen molar-refractivity contribution in [3.8, 4) is 0 Å². The second-order valence-electron chi connectivity index (χ2n) is 7.87. The van der Waals surface area contributed by atoms with Crippen molar-refractivity contribution >= 4 is 17.4 Å². The second-order valence-corrected chi connectivity index (χ2v) is 7.87. The first kappa shape index (κ1) is 19.2. The van der Waals surface area contributed by atoms with Gasteiger partial charge in [-0.25, -0.2) is 0 Å². The molecule has 29 heavy (non-hydrogen) atoms. The van der Waals surface area contributed by atoms with Gasteiger partial charge >= 0.3 is 0 Å². The van der Waals surface area contributed by atoms with E-state index in [0.29, 0.717) is 12.2 Å². The van der Waals surface area contributed by atoms with Crippen molar-refractivity contribution in [2.45, 2.75) is 46.1 Å². The van der Waals surface area contributed by atoms with E-state index in [1.807, 2.05) is 29.0 Å². The van der Waals surface area contributed by atoms with Crippen LogP contribution in [0.3, 0.4) is 0 Å². The molecule has 0 spiro atoms. The number of Topliss-reactive ketones (excluding diaryl/α,β-unsaturated/α-hetero) is 1. The molecule has 0 atom stereocenters. The zero-order chi connectivity index (χ0) is 20.4. The molecule has 0 fully saturated rings.